The second kappa shape index (κ2) is 7.67. The maximum Gasteiger partial charge on any atom is 0.337 e. The summed E-state index contributed by atoms with van der Waals surface area (Å²) in [6, 6.07) is 13.2. The molecule has 134 valence electrons. The smallest absolute Gasteiger partial charge is 0.337 e. The van der Waals surface area contributed by atoms with Crippen molar-refractivity contribution in [3.8, 4) is 0 Å². The van der Waals surface area contributed by atoms with Gasteiger partial charge in [0, 0.05) is 17.8 Å². The first-order valence-electron chi connectivity index (χ1n) is 7.92. The van der Waals surface area contributed by atoms with Crippen LogP contribution in [0, 0.1) is 0 Å². The highest BCUT2D eigenvalue weighted by molar-refractivity contribution is 7.89. The summed E-state index contributed by atoms with van der Waals surface area (Å²) >= 11 is 0. The number of nitrogens with one attached hydrogen (secondary N) is 2. The van der Waals surface area contributed by atoms with Gasteiger partial charge >= 0.3 is 5.97 Å². The molecular weight excluding hydrogens is 340 g/mol. The molecule has 0 fully saturated rings. The van der Waals surface area contributed by atoms with Crippen molar-refractivity contribution in [3.05, 3.63) is 59.7 Å². The lowest BCUT2D eigenvalue weighted by atomic mass is 10.1. The zero-order valence-electron chi connectivity index (χ0n) is 14.4. The molecule has 2 rings (SSSR count). The van der Waals surface area contributed by atoms with E-state index in [0.717, 1.165) is 5.56 Å². The SMILES string of the molecule is CC(C)NS(=O)(=O)c1ccc(N[C@H](C)c2ccccc2)c(C(=O)O)c1. The van der Waals surface area contributed by atoms with Crippen molar-refractivity contribution >= 4 is 21.7 Å². The van der Waals surface area contributed by atoms with Crippen LogP contribution in [0.25, 0.3) is 0 Å². The zero-order chi connectivity index (χ0) is 18.6. The summed E-state index contributed by atoms with van der Waals surface area (Å²) in [5.74, 6) is -1.19. The van der Waals surface area contributed by atoms with E-state index in [4.69, 9.17) is 0 Å². The quantitative estimate of drug-likeness (QED) is 0.703. The number of rotatable bonds is 7. The number of carbonyl (C=O) groups is 1. The van der Waals surface area contributed by atoms with Crippen LogP contribution in [-0.2, 0) is 10.0 Å². The fourth-order valence-electron chi connectivity index (χ4n) is 2.43. The van der Waals surface area contributed by atoms with E-state index >= 15 is 0 Å². The average molecular weight is 362 g/mol. The summed E-state index contributed by atoms with van der Waals surface area (Å²) in [5.41, 5.74) is 1.28. The zero-order valence-corrected chi connectivity index (χ0v) is 15.2. The Morgan fingerprint density at radius 2 is 1.68 bits per heavy atom. The number of carboxylic acids is 1. The Morgan fingerprint density at radius 3 is 2.24 bits per heavy atom. The van der Waals surface area contributed by atoms with E-state index in [1.165, 1.54) is 18.2 Å². The summed E-state index contributed by atoms with van der Waals surface area (Å²) < 4.78 is 26.9. The summed E-state index contributed by atoms with van der Waals surface area (Å²) in [6.07, 6.45) is 0. The molecule has 0 saturated heterocycles. The van der Waals surface area contributed by atoms with Crippen LogP contribution in [0.3, 0.4) is 0 Å². The maximum atomic E-state index is 12.2. The molecule has 6 nitrogen and oxygen atoms in total. The van der Waals surface area contributed by atoms with Crippen LogP contribution in [0.15, 0.2) is 53.4 Å². The standard InChI is InChI=1S/C18H22N2O4S/c1-12(2)20-25(23,24)15-9-10-17(16(11-15)18(21)22)19-13(3)14-7-5-4-6-8-14/h4-13,19-20H,1-3H3,(H,21,22)/t13-/m1/s1. The van der Waals surface area contributed by atoms with E-state index in [-0.39, 0.29) is 22.5 Å². The molecule has 0 aliphatic carbocycles. The Kier molecular flexibility index (Phi) is 5.81. The van der Waals surface area contributed by atoms with Crippen LogP contribution in [0.4, 0.5) is 5.69 Å². The molecule has 3 N–H and O–H groups in total. The molecule has 2 aromatic rings. The van der Waals surface area contributed by atoms with Crippen LogP contribution in [0.2, 0.25) is 0 Å². The van der Waals surface area contributed by atoms with Crippen LogP contribution < -0.4 is 10.0 Å². The van der Waals surface area contributed by atoms with Crippen molar-refractivity contribution in [2.75, 3.05) is 5.32 Å². The number of hydrogen-bond donors (Lipinski definition) is 3. The highest BCUT2D eigenvalue weighted by Crippen LogP contribution is 2.25. The molecule has 1 atom stereocenters. The Morgan fingerprint density at radius 1 is 1.04 bits per heavy atom. The van der Waals surface area contributed by atoms with Gasteiger partial charge in [-0.05, 0) is 44.5 Å². The monoisotopic (exact) mass is 362 g/mol. The molecule has 0 radical (unpaired) electrons. The summed E-state index contributed by atoms with van der Waals surface area (Å²) in [7, 11) is -3.75. The lowest BCUT2D eigenvalue weighted by Gasteiger charge is -2.18. The van der Waals surface area contributed by atoms with Crippen molar-refractivity contribution in [2.24, 2.45) is 0 Å². The number of aromatic carboxylic acids is 1. The molecule has 0 aliphatic rings. The maximum absolute atomic E-state index is 12.2. The Labute approximate surface area is 147 Å². The molecule has 2 aromatic carbocycles. The minimum atomic E-state index is -3.75. The van der Waals surface area contributed by atoms with Crippen molar-refractivity contribution in [3.63, 3.8) is 0 Å². The average Bonchev–Trinajstić information content (AvgIpc) is 2.54. The summed E-state index contributed by atoms with van der Waals surface area (Å²) in [5, 5.41) is 12.6. The minimum Gasteiger partial charge on any atom is -0.478 e. The van der Waals surface area contributed by atoms with Gasteiger partial charge in [-0.3, -0.25) is 0 Å². The van der Waals surface area contributed by atoms with E-state index in [9.17, 15) is 18.3 Å². The van der Waals surface area contributed by atoms with Crippen molar-refractivity contribution in [1.29, 1.82) is 0 Å². The topological polar surface area (TPSA) is 95.5 Å². The molecule has 0 aliphatic heterocycles. The van der Waals surface area contributed by atoms with Gasteiger partial charge in [0.05, 0.1) is 10.5 Å². The predicted octanol–water partition coefficient (Wildman–Crippen LogP) is 3.24. The first-order chi connectivity index (χ1) is 11.7. The van der Waals surface area contributed by atoms with Gasteiger partial charge in [0.25, 0.3) is 0 Å². The summed E-state index contributed by atoms with van der Waals surface area (Å²) in [4.78, 5) is 11.5. The van der Waals surface area contributed by atoms with Gasteiger partial charge in [-0.1, -0.05) is 30.3 Å². The van der Waals surface area contributed by atoms with E-state index in [1.807, 2.05) is 37.3 Å². The van der Waals surface area contributed by atoms with Crippen LogP contribution >= 0.6 is 0 Å². The van der Waals surface area contributed by atoms with Gasteiger partial charge in [0.15, 0.2) is 0 Å². The molecule has 0 heterocycles. The number of carboxylic acid groups (broad SMARTS) is 1. The highest BCUT2D eigenvalue weighted by atomic mass is 32.2. The number of anilines is 1. The Hall–Kier alpha value is -2.38. The first kappa shape index (κ1) is 19.0. The molecule has 0 bridgehead atoms. The molecule has 0 amide bonds. The van der Waals surface area contributed by atoms with E-state index in [2.05, 4.69) is 10.0 Å². The third kappa shape index (κ3) is 4.80. The highest BCUT2D eigenvalue weighted by Gasteiger charge is 2.20. The van der Waals surface area contributed by atoms with Crippen molar-refractivity contribution < 1.29 is 18.3 Å². The van der Waals surface area contributed by atoms with Gasteiger partial charge < -0.3 is 10.4 Å². The van der Waals surface area contributed by atoms with E-state index in [0.29, 0.717) is 5.69 Å². The lowest BCUT2D eigenvalue weighted by molar-refractivity contribution is 0.0697. The number of sulfonamides is 1. The lowest BCUT2D eigenvalue weighted by Crippen LogP contribution is -2.30. The number of hydrogen-bond acceptors (Lipinski definition) is 4. The number of benzene rings is 2. The third-order valence-corrected chi connectivity index (χ3v) is 5.25. The summed E-state index contributed by atoms with van der Waals surface area (Å²) in [6.45, 7) is 5.31. The second-order valence-electron chi connectivity index (χ2n) is 6.07. The van der Waals surface area contributed by atoms with Crippen LogP contribution in [0.5, 0.6) is 0 Å². The van der Waals surface area contributed by atoms with Gasteiger partial charge in [-0.15, -0.1) is 0 Å². The fraction of sp³-hybridized carbons (Fsp3) is 0.278. The molecule has 0 saturated carbocycles. The van der Waals surface area contributed by atoms with E-state index in [1.54, 1.807) is 13.8 Å². The fourth-order valence-corrected chi connectivity index (χ4v) is 3.71. The van der Waals surface area contributed by atoms with Crippen molar-refractivity contribution in [1.82, 2.24) is 4.72 Å². The minimum absolute atomic E-state index is 0.0727. The second-order valence-corrected chi connectivity index (χ2v) is 7.78. The van der Waals surface area contributed by atoms with Gasteiger partial charge in [-0.2, -0.15) is 0 Å². The van der Waals surface area contributed by atoms with Crippen LogP contribution in [0.1, 0.15) is 42.7 Å². The Balaban J connectivity index is 2.35. The normalized spacial score (nSPS) is 12.8. The first-order valence-corrected chi connectivity index (χ1v) is 9.40. The van der Waals surface area contributed by atoms with Gasteiger partial charge in [-0.25, -0.2) is 17.9 Å². The molecule has 0 unspecified atom stereocenters. The molecule has 7 heteroatoms. The van der Waals surface area contributed by atoms with Crippen molar-refractivity contribution in [2.45, 2.75) is 37.8 Å². The molecule has 0 spiro atoms. The van der Waals surface area contributed by atoms with Gasteiger partial charge in [0.2, 0.25) is 10.0 Å². The third-order valence-electron chi connectivity index (χ3n) is 3.59. The van der Waals surface area contributed by atoms with Gasteiger partial charge in [0.1, 0.15) is 0 Å². The molecule has 0 aromatic heterocycles. The largest absolute Gasteiger partial charge is 0.478 e. The Bertz CT molecular complexity index is 849. The molecule has 25 heavy (non-hydrogen) atoms. The van der Waals surface area contributed by atoms with Crippen LogP contribution in [-0.4, -0.2) is 25.5 Å². The molecular formula is C18H22N2O4S. The van der Waals surface area contributed by atoms with E-state index < -0.39 is 16.0 Å². The predicted molar refractivity (Wildman–Crippen MR) is 97.3 cm³/mol.